The molecule has 0 amide bonds. The van der Waals surface area contributed by atoms with E-state index in [1.807, 2.05) is 13.8 Å². The molecular formula is C7H16O3. The Morgan fingerprint density at radius 2 is 2.00 bits per heavy atom. The van der Waals surface area contributed by atoms with Crippen LogP contribution in [-0.4, -0.2) is 24.3 Å². The van der Waals surface area contributed by atoms with Crippen LogP contribution >= 0.6 is 0 Å². The molecule has 0 saturated carbocycles. The molecule has 0 aliphatic carbocycles. The maximum Gasteiger partial charge on any atom is 0.308 e. The van der Waals surface area contributed by atoms with E-state index in [9.17, 15) is 4.79 Å². The highest BCUT2D eigenvalue weighted by molar-refractivity contribution is 5.69. The summed E-state index contributed by atoms with van der Waals surface area (Å²) in [6.07, 6.45) is -0.515. The molecule has 0 spiro atoms. The molecule has 0 fully saturated rings. The van der Waals surface area contributed by atoms with Gasteiger partial charge >= 0.3 is 5.97 Å². The van der Waals surface area contributed by atoms with Gasteiger partial charge in [0.05, 0.1) is 19.6 Å². The highest BCUT2D eigenvalue weighted by atomic mass is 16.5. The van der Waals surface area contributed by atoms with Gasteiger partial charge in [-0.25, -0.2) is 0 Å². The molecular weight excluding hydrogens is 132 g/mol. The lowest BCUT2D eigenvalue weighted by Crippen LogP contribution is -2.10. The molecule has 0 aromatic heterocycles. The standard InChI is InChI=1S/C5H10O3.C2H6/c1-4(6)3-5(7)8-2;1-2/h4,6H,3H2,1-2H3;1-2H3. The molecule has 0 heterocycles. The van der Waals surface area contributed by atoms with Gasteiger partial charge in [-0.1, -0.05) is 13.8 Å². The summed E-state index contributed by atoms with van der Waals surface area (Å²) < 4.78 is 4.26. The highest BCUT2D eigenvalue weighted by Gasteiger charge is 2.03. The second kappa shape index (κ2) is 8.43. The monoisotopic (exact) mass is 148 g/mol. The lowest BCUT2D eigenvalue weighted by molar-refractivity contribution is -0.142. The van der Waals surface area contributed by atoms with Crippen molar-refractivity contribution in [1.82, 2.24) is 0 Å². The maximum absolute atomic E-state index is 10.2. The molecule has 0 aromatic rings. The van der Waals surface area contributed by atoms with Crippen LogP contribution in [0, 0.1) is 0 Å². The van der Waals surface area contributed by atoms with E-state index in [0.29, 0.717) is 0 Å². The van der Waals surface area contributed by atoms with E-state index in [-0.39, 0.29) is 12.4 Å². The second-order valence-electron chi connectivity index (χ2n) is 1.63. The Kier molecular flexibility index (Phi) is 10.2. The predicted octanol–water partition coefficient (Wildman–Crippen LogP) is 0.956. The van der Waals surface area contributed by atoms with Crippen molar-refractivity contribution in [2.24, 2.45) is 0 Å². The minimum absolute atomic E-state index is 0.0799. The van der Waals surface area contributed by atoms with Crippen molar-refractivity contribution in [2.75, 3.05) is 7.11 Å². The van der Waals surface area contributed by atoms with Gasteiger partial charge in [-0.15, -0.1) is 0 Å². The van der Waals surface area contributed by atoms with Crippen LogP contribution in [0.1, 0.15) is 27.2 Å². The smallest absolute Gasteiger partial charge is 0.308 e. The van der Waals surface area contributed by atoms with Crippen LogP contribution in [0.2, 0.25) is 0 Å². The van der Waals surface area contributed by atoms with Gasteiger partial charge in [-0.05, 0) is 6.92 Å². The first-order valence-corrected chi connectivity index (χ1v) is 3.41. The third kappa shape index (κ3) is 10.4. The maximum atomic E-state index is 10.2. The fraction of sp³-hybridized carbons (Fsp3) is 0.857. The van der Waals surface area contributed by atoms with Crippen molar-refractivity contribution < 1.29 is 14.6 Å². The summed E-state index contributed by atoms with van der Waals surface area (Å²) in [6, 6.07) is 0. The Hall–Kier alpha value is -0.570. The van der Waals surface area contributed by atoms with E-state index in [1.165, 1.54) is 14.0 Å². The molecule has 0 aromatic carbocycles. The zero-order valence-corrected chi connectivity index (χ0v) is 7.05. The number of hydrogen-bond donors (Lipinski definition) is 1. The summed E-state index contributed by atoms with van der Waals surface area (Å²) in [6.45, 7) is 5.54. The zero-order chi connectivity index (χ0) is 8.57. The zero-order valence-electron chi connectivity index (χ0n) is 7.05. The Morgan fingerprint density at radius 1 is 1.60 bits per heavy atom. The summed E-state index contributed by atoms with van der Waals surface area (Å²) in [5, 5.41) is 8.55. The van der Waals surface area contributed by atoms with Crippen molar-refractivity contribution in [3.8, 4) is 0 Å². The van der Waals surface area contributed by atoms with Crippen LogP contribution in [0.5, 0.6) is 0 Å². The fourth-order valence-electron chi connectivity index (χ4n) is 0.325. The first-order chi connectivity index (χ1) is 4.66. The summed E-state index contributed by atoms with van der Waals surface area (Å²) in [4.78, 5) is 10.2. The first-order valence-electron chi connectivity index (χ1n) is 3.41. The Labute approximate surface area is 62.0 Å². The molecule has 1 unspecified atom stereocenters. The summed E-state index contributed by atoms with van der Waals surface area (Å²) in [5.41, 5.74) is 0. The van der Waals surface area contributed by atoms with Crippen LogP contribution in [0.25, 0.3) is 0 Å². The molecule has 0 radical (unpaired) electrons. The molecule has 0 aliphatic heterocycles. The number of methoxy groups -OCH3 is 1. The number of hydrogen-bond acceptors (Lipinski definition) is 3. The summed E-state index contributed by atoms with van der Waals surface area (Å²) >= 11 is 0. The van der Waals surface area contributed by atoms with Crippen LogP contribution in [0.3, 0.4) is 0 Å². The molecule has 0 aliphatic rings. The lowest BCUT2D eigenvalue weighted by Gasteiger charge is -1.99. The van der Waals surface area contributed by atoms with Crippen molar-refractivity contribution in [1.29, 1.82) is 0 Å². The van der Waals surface area contributed by atoms with E-state index in [1.54, 1.807) is 0 Å². The topological polar surface area (TPSA) is 46.5 Å². The van der Waals surface area contributed by atoms with Crippen molar-refractivity contribution in [2.45, 2.75) is 33.3 Å². The Bertz CT molecular complexity index is 78.9. The van der Waals surface area contributed by atoms with Gasteiger partial charge in [0.25, 0.3) is 0 Å². The number of esters is 1. The molecule has 10 heavy (non-hydrogen) atoms. The minimum Gasteiger partial charge on any atom is -0.469 e. The molecule has 62 valence electrons. The van der Waals surface area contributed by atoms with Gasteiger partial charge in [0.2, 0.25) is 0 Å². The number of aliphatic hydroxyl groups excluding tert-OH is 1. The van der Waals surface area contributed by atoms with Crippen LogP contribution in [0.15, 0.2) is 0 Å². The van der Waals surface area contributed by atoms with E-state index >= 15 is 0 Å². The molecule has 3 nitrogen and oxygen atoms in total. The number of carbonyl (C=O) groups excluding carboxylic acids is 1. The van der Waals surface area contributed by atoms with Gasteiger partial charge in [-0.3, -0.25) is 4.79 Å². The SMILES string of the molecule is CC.COC(=O)CC(C)O. The summed E-state index contributed by atoms with van der Waals surface area (Å²) in [7, 11) is 1.30. The van der Waals surface area contributed by atoms with E-state index in [0.717, 1.165) is 0 Å². The van der Waals surface area contributed by atoms with Crippen molar-refractivity contribution >= 4 is 5.97 Å². The molecule has 1 atom stereocenters. The molecule has 3 heteroatoms. The average Bonchev–Trinajstić information content (AvgIpc) is 1.91. The lowest BCUT2D eigenvalue weighted by atomic mass is 10.3. The predicted molar refractivity (Wildman–Crippen MR) is 39.7 cm³/mol. The van der Waals surface area contributed by atoms with Crippen molar-refractivity contribution in [3.63, 3.8) is 0 Å². The summed E-state index contributed by atoms with van der Waals surface area (Å²) in [5.74, 6) is -0.375. The van der Waals surface area contributed by atoms with Crippen LogP contribution in [0.4, 0.5) is 0 Å². The van der Waals surface area contributed by atoms with Gasteiger partial charge in [-0.2, -0.15) is 0 Å². The fourth-order valence-corrected chi connectivity index (χ4v) is 0.325. The Morgan fingerprint density at radius 3 is 2.10 bits per heavy atom. The molecule has 1 N–H and O–H groups in total. The van der Waals surface area contributed by atoms with E-state index in [4.69, 9.17) is 5.11 Å². The van der Waals surface area contributed by atoms with Crippen molar-refractivity contribution in [3.05, 3.63) is 0 Å². The number of aliphatic hydroxyl groups is 1. The van der Waals surface area contributed by atoms with E-state index < -0.39 is 6.10 Å². The van der Waals surface area contributed by atoms with Crippen LogP contribution in [-0.2, 0) is 9.53 Å². The van der Waals surface area contributed by atoms with E-state index in [2.05, 4.69) is 4.74 Å². The number of rotatable bonds is 2. The Balaban J connectivity index is 0. The third-order valence-corrected chi connectivity index (χ3v) is 0.690. The average molecular weight is 148 g/mol. The van der Waals surface area contributed by atoms with Gasteiger partial charge in [0, 0.05) is 0 Å². The highest BCUT2D eigenvalue weighted by Crippen LogP contribution is 1.89. The molecule has 0 rings (SSSR count). The van der Waals surface area contributed by atoms with Gasteiger partial charge in [0.15, 0.2) is 0 Å². The van der Waals surface area contributed by atoms with Gasteiger partial charge < -0.3 is 9.84 Å². The largest absolute Gasteiger partial charge is 0.469 e. The molecule has 0 saturated heterocycles. The first kappa shape index (κ1) is 12.1. The quantitative estimate of drug-likeness (QED) is 0.593. The molecule has 0 bridgehead atoms. The second-order valence-corrected chi connectivity index (χ2v) is 1.63. The minimum atomic E-state index is -0.595. The number of ether oxygens (including phenoxy) is 1. The number of carbonyl (C=O) groups is 1. The van der Waals surface area contributed by atoms with Gasteiger partial charge in [0.1, 0.15) is 0 Å². The van der Waals surface area contributed by atoms with Crippen LogP contribution < -0.4 is 0 Å². The third-order valence-electron chi connectivity index (χ3n) is 0.690. The normalized spacial score (nSPS) is 10.9.